The molecule has 10 heteroatoms. The summed E-state index contributed by atoms with van der Waals surface area (Å²) >= 11 is 0. The topological polar surface area (TPSA) is 114 Å². The lowest BCUT2D eigenvalue weighted by atomic mass is 10.0. The summed E-state index contributed by atoms with van der Waals surface area (Å²) in [5.74, 6) is -0.687. The average Bonchev–Trinajstić information content (AvgIpc) is 3.07. The van der Waals surface area contributed by atoms with E-state index in [0.717, 1.165) is 11.1 Å². The fourth-order valence-electron chi connectivity index (χ4n) is 5.15. The molecule has 5 rings (SSSR count). The van der Waals surface area contributed by atoms with E-state index in [1.54, 1.807) is 42.2 Å². The van der Waals surface area contributed by atoms with E-state index in [2.05, 4.69) is 15.6 Å². The van der Waals surface area contributed by atoms with Crippen molar-refractivity contribution in [2.45, 2.75) is 46.0 Å². The number of likely N-dealkylation sites (N-methyl/N-ethyl adjacent to an activating group) is 1. The number of carbonyl (C=O) groups is 2. The Morgan fingerprint density at radius 1 is 0.913 bits per heavy atom. The van der Waals surface area contributed by atoms with Crippen LogP contribution in [-0.4, -0.2) is 34.5 Å². The summed E-state index contributed by atoms with van der Waals surface area (Å²) < 4.78 is 25.3. The Bertz CT molecular complexity index is 1860. The molecular weight excluding hydrogens is 587 g/mol. The van der Waals surface area contributed by atoms with Crippen molar-refractivity contribution in [1.29, 1.82) is 0 Å². The van der Waals surface area contributed by atoms with Crippen LogP contribution in [0.15, 0.2) is 106 Å². The van der Waals surface area contributed by atoms with E-state index in [1.165, 1.54) is 6.07 Å². The third-order valence-corrected chi connectivity index (χ3v) is 7.70. The van der Waals surface area contributed by atoms with E-state index in [1.807, 2.05) is 67.6 Å². The number of halogens is 1. The van der Waals surface area contributed by atoms with Crippen molar-refractivity contribution >= 4 is 28.9 Å². The molecule has 46 heavy (non-hydrogen) atoms. The SMILES string of the molecule is CCN(Cc1ccccc1F)C(=O)C(Cc1ccccc1)Nc1nc2ccc(CNC(=O)OCc3ccccc3)c(C)c2c(=O)o1. The highest BCUT2D eigenvalue weighted by molar-refractivity contribution is 5.86. The Hall–Kier alpha value is -5.51. The Morgan fingerprint density at radius 2 is 1.59 bits per heavy atom. The van der Waals surface area contributed by atoms with Gasteiger partial charge in [0.25, 0.3) is 6.01 Å². The number of fused-ring (bicyclic) bond motifs is 1. The molecule has 0 aliphatic rings. The zero-order valence-electron chi connectivity index (χ0n) is 25.7. The van der Waals surface area contributed by atoms with Crippen LogP contribution in [0.25, 0.3) is 10.9 Å². The number of nitrogens with one attached hydrogen (secondary N) is 2. The highest BCUT2D eigenvalue weighted by Crippen LogP contribution is 2.21. The van der Waals surface area contributed by atoms with Gasteiger partial charge in [0, 0.05) is 31.6 Å². The van der Waals surface area contributed by atoms with Crippen LogP contribution < -0.4 is 16.3 Å². The Labute approximate surface area is 266 Å². The molecule has 1 atom stereocenters. The monoisotopic (exact) mass is 622 g/mol. The number of aryl methyl sites for hydroxylation is 1. The number of aromatic nitrogens is 1. The quantitative estimate of drug-likeness (QED) is 0.172. The number of alkyl carbamates (subject to hydrolysis) is 1. The molecule has 9 nitrogen and oxygen atoms in total. The van der Waals surface area contributed by atoms with Crippen LogP contribution in [0.1, 0.15) is 34.7 Å². The average molecular weight is 623 g/mol. The lowest BCUT2D eigenvalue weighted by Crippen LogP contribution is -2.44. The molecule has 0 aliphatic heterocycles. The summed E-state index contributed by atoms with van der Waals surface area (Å²) in [5.41, 5.74) is 3.19. The first-order chi connectivity index (χ1) is 22.3. The largest absolute Gasteiger partial charge is 0.445 e. The number of amides is 2. The number of benzene rings is 4. The van der Waals surface area contributed by atoms with Gasteiger partial charge >= 0.3 is 11.7 Å². The Kier molecular flexibility index (Phi) is 10.4. The van der Waals surface area contributed by atoms with Crippen molar-refractivity contribution in [3.8, 4) is 0 Å². The molecule has 1 unspecified atom stereocenters. The van der Waals surface area contributed by atoms with E-state index in [0.29, 0.717) is 28.8 Å². The molecule has 0 spiro atoms. The third-order valence-electron chi connectivity index (χ3n) is 7.70. The molecule has 4 aromatic carbocycles. The predicted molar refractivity (Wildman–Crippen MR) is 174 cm³/mol. The van der Waals surface area contributed by atoms with Crippen molar-refractivity contribution < 1.29 is 23.1 Å². The highest BCUT2D eigenvalue weighted by atomic mass is 19.1. The van der Waals surface area contributed by atoms with E-state index >= 15 is 0 Å². The van der Waals surface area contributed by atoms with Crippen molar-refractivity contribution in [2.24, 2.45) is 0 Å². The number of ether oxygens (including phenoxy) is 1. The molecule has 0 radical (unpaired) electrons. The first-order valence-corrected chi connectivity index (χ1v) is 15.0. The summed E-state index contributed by atoms with van der Waals surface area (Å²) in [6, 6.07) is 27.6. The van der Waals surface area contributed by atoms with Crippen LogP contribution in [0.5, 0.6) is 0 Å². The second kappa shape index (κ2) is 15.0. The molecular formula is C36H35FN4O5. The number of hydrogen-bond donors (Lipinski definition) is 2. The van der Waals surface area contributed by atoms with Gasteiger partial charge in [0.15, 0.2) is 0 Å². The number of hydrogen-bond acceptors (Lipinski definition) is 7. The van der Waals surface area contributed by atoms with Crippen LogP contribution in [-0.2, 0) is 35.6 Å². The normalized spacial score (nSPS) is 11.5. The summed E-state index contributed by atoms with van der Waals surface area (Å²) in [6.45, 7) is 4.27. The number of carbonyl (C=O) groups excluding carboxylic acids is 2. The molecule has 5 aromatic rings. The lowest BCUT2D eigenvalue weighted by molar-refractivity contribution is -0.132. The molecule has 0 aliphatic carbocycles. The van der Waals surface area contributed by atoms with E-state index in [9.17, 15) is 18.8 Å². The number of nitrogens with zero attached hydrogens (tertiary/aromatic N) is 2. The van der Waals surface area contributed by atoms with Gasteiger partial charge in [-0.15, -0.1) is 0 Å². The van der Waals surface area contributed by atoms with Crippen LogP contribution in [0.3, 0.4) is 0 Å². The molecule has 1 aromatic heterocycles. The van der Waals surface area contributed by atoms with Gasteiger partial charge in [-0.05, 0) is 48.2 Å². The van der Waals surface area contributed by atoms with Gasteiger partial charge in [0.05, 0.1) is 10.9 Å². The van der Waals surface area contributed by atoms with Gasteiger partial charge in [-0.3, -0.25) is 4.79 Å². The van der Waals surface area contributed by atoms with Gasteiger partial charge in [0.1, 0.15) is 18.5 Å². The van der Waals surface area contributed by atoms with Crippen LogP contribution in [0.4, 0.5) is 15.2 Å². The standard InChI is InChI=1S/C36H35FN4O5/c1-3-41(22-28-16-10-11-17-29(28)37)33(42)31(20-25-12-6-4-7-13-25)40-35-39-30-19-18-27(24(2)32(30)34(43)46-35)21-38-36(44)45-23-26-14-8-5-9-15-26/h4-19,31H,3,20-23H2,1-2H3,(H,38,44)(H,39,40). The Morgan fingerprint density at radius 3 is 2.28 bits per heavy atom. The van der Waals surface area contributed by atoms with Gasteiger partial charge in [0.2, 0.25) is 5.91 Å². The lowest BCUT2D eigenvalue weighted by Gasteiger charge is -2.27. The summed E-state index contributed by atoms with van der Waals surface area (Å²) in [6.07, 6.45) is -0.306. The number of rotatable bonds is 12. The van der Waals surface area contributed by atoms with E-state index in [-0.39, 0.29) is 43.4 Å². The molecule has 2 N–H and O–H groups in total. The van der Waals surface area contributed by atoms with E-state index in [4.69, 9.17) is 9.15 Å². The van der Waals surface area contributed by atoms with Crippen LogP contribution in [0, 0.1) is 12.7 Å². The van der Waals surface area contributed by atoms with Crippen LogP contribution in [0.2, 0.25) is 0 Å². The van der Waals surface area contributed by atoms with Crippen LogP contribution >= 0.6 is 0 Å². The third kappa shape index (κ3) is 7.95. The number of anilines is 1. The molecule has 236 valence electrons. The van der Waals surface area contributed by atoms with Gasteiger partial charge in [-0.25, -0.2) is 14.0 Å². The predicted octanol–water partition coefficient (Wildman–Crippen LogP) is 6.13. The summed E-state index contributed by atoms with van der Waals surface area (Å²) in [4.78, 5) is 45.4. The maximum Gasteiger partial charge on any atom is 0.407 e. The minimum Gasteiger partial charge on any atom is -0.445 e. The maximum atomic E-state index is 14.4. The molecule has 0 saturated carbocycles. The second-order valence-electron chi connectivity index (χ2n) is 10.8. The summed E-state index contributed by atoms with van der Waals surface area (Å²) in [7, 11) is 0. The Balaban J connectivity index is 1.34. The first-order valence-electron chi connectivity index (χ1n) is 15.0. The zero-order valence-corrected chi connectivity index (χ0v) is 25.7. The van der Waals surface area contributed by atoms with Gasteiger partial charge in [-0.1, -0.05) is 84.9 Å². The van der Waals surface area contributed by atoms with Gasteiger partial charge in [-0.2, -0.15) is 4.98 Å². The van der Waals surface area contributed by atoms with Gasteiger partial charge < -0.3 is 24.7 Å². The zero-order chi connectivity index (χ0) is 32.5. The van der Waals surface area contributed by atoms with E-state index < -0.39 is 23.6 Å². The first kappa shape index (κ1) is 31.9. The maximum absolute atomic E-state index is 14.4. The fourth-order valence-corrected chi connectivity index (χ4v) is 5.15. The van der Waals surface area contributed by atoms with Crippen molar-refractivity contribution in [2.75, 3.05) is 11.9 Å². The van der Waals surface area contributed by atoms with Crippen molar-refractivity contribution in [1.82, 2.24) is 15.2 Å². The second-order valence-corrected chi connectivity index (χ2v) is 10.8. The molecule has 2 amide bonds. The molecule has 0 fully saturated rings. The minimum atomic E-state index is -0.853. The minimum absolute atomic E-state index is 0.0832. The fraction of sp³-hybridized carbons (Fsp3) is 0.222. The smallest absolute Gasteiger partial charge is 0.407 e. The molecule has 1 heterocycles. The summed E-state index contributed by atoms with van der Waals surface area (Å²) in [5, 5.41) is 6.02. The molecule has 0 bridgehead atoms. The highest BCUT2D eigenvalue weighted by Gasteiger charge is 2.26. The van der Waals surface area contributed by atoms with Crippen molar-refractivity contribution in [3.63, 3.8) is 0 Å². The van der Waals surface area contributed by atoms with Crippen molar-refractivity contribution in [3.05, 3.63) is 141 Å². The molecule has 0 saturated heterocycles.